The Morgan fingerprint density at radius 2 is 1.93 bits per heavy atom. The lowest BCUT2D eigenvalue weighted by molar-refractivity contribution is -0.178. The molecule has 1 unspecified atom stereocenters. The molecule has 0 heterocycles. The summed E-state index contributed by atoms with van der Waals surface area (Å²) in [6.45, 7) is 0.859. The van der Waals surface area contributed by atoms with Gasteiger partial charge in [0.25, 0.3) is 0 Å². The molecule has 0 aliphatic rings. The number of carboxylic acids is 1. The van der Waals surface area contributed by atoms with E-state index >= 15 is 0 Å². The van der Waals surface area contributed by atoms with E-state index in [2.05, 4.69) is 0 Å². The highest BCUT2D eigenvalue weighted by atomic mass is 19.4. The highest BCUT2D eigenvalue weighted by Crippen LogP contribution is 2.29. The Bertz CT molecular complexity index is 207. The van der Waals surface area contributed by atoms with E-state index in [0.717, 1.165) is 6.92 Å². The molecule has 0 aliphatic heterocycles. The van der Waals surface area contributed by atoms with Crippen LogP contribution in [0.25, 0.3) is 0 Å². The Morgan fingerprint density at radius 3 is 2.21 bits per heavy atom. The molecule has 4 N–H and O–H groups in total. The molecule has 84 valence electrons. The number of aliphatic carboxylic acids is 1. The highest BCUT2D eigenvalue weighted by Gasteiger charge is 2.38. The number of aliphatic hydroxyl groups excluding tert-OH is 1. The molecule has 4 nitrogen and oxygen atoms in total. The van der Waals surface area contributed by atoms with Crippen molar-refractivity contribution in [2.45, 2.75) is 31.7 Å². The van der Waals surface area contributed by atoms with Crippen molar-refractivity contribution in [2.24, 2.45) is 11.7 Å². The SMILES string of the molecule is CC(C[C@@H](O)[C@H](N)C(=O)O)C(F)(F)F. The molecular weight excluding hydrogens is 203 g/mol. The van der Waals surface area contributed by atoms with Gasteiger partial charge in [0.1, 0.15) is 6.04 Å². The number of hydrogen-bond acceptors (Lipinski definition) is 3. The normalized spacial score (nSPS) is 18.7. The molecule has 0 saturated carbocycles. The molecule has 0 aromatic heterocycles. The largest absolute Gasteiger partial charge is 0.480 e. The summed E-state index contributed by atoms with van der Waals surface area (Å²) in [6, 6.07) is -1.68. The molecule has 0 fully saturated rings. The Hall–Kier alpha value is -0.820. The monoisotopic (exact) mass is 215 g/mol. The average molecular weight is 215 g/mol. The first-order valence-electron chi connectivity index (χ1n) is 3.89. The maximum Gasteiger partial charge on any atom is 0.391 e. The molecule has 7 heteroatoms. The van der Waals surface area contributed by atoms with E-state index in [4.69, 9.17) is 15.9 Å². The molecule has 0 bridgehead atoms. The third-order valence-electron chi connectivity index (χ3n) is 1.85. The van der Waals surface area contributed by atoms with Crippen molar-refractivity contribution in [3.05, 3.63) is 0 Å². The van der Waals surface area contributed by atoms with E-state index < -0.39 is 36.6 Å². The zero-order chi connectivity index (χ0) is 11.5. The Kier molecular flexibility index (Phi) is 4.34. The van der Waals surface area contributed by atoms with E-state index in [1.54, 1.807) is 0 Å². The van der Waals surface area contributed by atoms with Crippen molar-refractivity contribution in [1.82, 2.24) is 0 Å². The van der Waals surface area contributed by atoms with E-state index in [-0.39, 0.29) is 0 Å². The molecule has 0 saturated heterocycles. The van der Waals surface area contributed by atoms with Gasteiger partial charge in [0.15, 0.2) is 0 Å². The number of alkyl halides is 3. The second kappa shape index (κ2) is 4.61. The van der Waals surface area contributed by atoms with Gasteiger partial charge in [-0.1, -0.05) is 6.92 Å². The van der Waals surface area contributed by atoms with Crippen LogP contribution in [-0.4, -0.2) is 34.5 Å². The van der Waals surface area contributed by atoms with Crippen molar-refractivity contribution in [3.63, 3.8) is 0 Å². The van der Waals surface area contributed by atoms with Crippen LogP contribution < -0.4 is 5.73 Å². The summed E-state index contributed by atoms with van der Waals surface area (Å²) in [4.78, 5) is 10.2. The van der Waals surface area contributed by atoms with Crippen molar-refractivity contribution in [1.29, 1.82) is 0 Å². The van der Waals surface area contributed by atoms with Gasteiger partial charge in [-0.3, -0.25) is 4.79 Å². The summed E-state index contributed by atoms with van der Waals surface area (Å²) >= 11 is 0. The fraction of sp³-hybridized carbons (Fsp3) is 0.857. The Balaban J connectivity index is 4.19. The molecule has 14 heavy (non-hydrogen) atoms. The third-order valence-corrected chi connectivity index (χ3v) is 1.85. The number of rotatable bonds is 4. The van der Waals surface area contributed by atoms with Gasteiger partial charge in [0.2, 0.25) is 0 Å². The van der Waals surface area contributed by atoms with Gasteiger partial charge >= 0.3 is 12.1 Å². The highest BCUT2D eigenvalue weighted by molar-refractivity contribution is 5.73. The first kappa shape index (κ1) is 13.2. The number of halogens is 3. The Labute approximate surface area is 78.5 Å². The van der Waals surface area contributed by atoms with Gasteiger partial charge in [0.05, 0.1) is 12.0 Å². The van der Waals surface area contributed by atoms with E-state index in [1.165, 1.54) is 0 Å². The summed E-state index contributed by atoms with van der Waals surface area (Å²) in [5, 5.41) is 17.3. The average Bonchev–Trinajstić information content (AvgIpc) is 2.00. The number of carboxylic acid groups (broad SMARTS) is 1. The Morgan fingerprint density at radius 1 is 1.50 bits per heavy atom. The molecule has 0 amide bonds. The zero-order valence-corrected chi connectivity index (χ0v) is 7.45. The van der Waals surface area contributed by atoms with Crippen molar-refractivity contribution < 1.29 is 28.2 Å². The number of aliphatic hydroxyl groups is 1. The molecule has 3 atom stereocenters. The minimum atomic E-state index is -4.45. The van der Waals surface area contributed by atoms with Crippen molar-refractivity contribution >= 4 is 5.97 Å². The summed E-state index contributed by atoms with van der Waals surface area (Å²) in [5.41, 5.74) is 4.93. The smallest absolute Gasteiger partial charge is 0.391 e. The first-order chi connectivity index (χ1) is 6.16. The number of carbonyl (C=O) groups is 1. The molecular formula is C7H12F3NO3. The minimum absolute atomic E-state index is 0.711. The summed E-state index contributed by atoms with van der Waals surface area (Å²) < 4.78 is 35.9. The molecule has 0 radical (unpaired) electrons. The van der Waals surface area contributed by atoms with Crippen molar-refractivity contribution in [2.75, 3.05) is 0 Å². The van der Waals surface area contributed by atoms with Crippen LogP contribution in [0.3, 0.4) is 0 Å². The van der Waals surface area contributed by atoms with Gasteiger partial charge in [-0.15, -0.1) is 0 Å². The van der Waals surface area contributed by atoms with Crippen LogP contribution in [0, 0.1) is 5.92 Å². The predicted octanol–water partition coefficient (Wildman–Crippen LogP) is 0.348. The second-order valence-electron chi connectivity index (χ2n) is 3.11. The number of hydrogen-bond donors (Lipinski definition) is 3. The quantitative estimate of drug-likeness (QED) is 0.631. The van der Waals surface area contributed by atoms with Gasteiger partial charge < -0.3 is 15.9 Å². The van der Waals surface area contributed by atoms with E-state index in [9.17, 15) is 18.0 Å². The molecule has 0 aromatic rings. The van der Waals surface area contributed by atoms with Gasteiger partial charge in [-0.2, -0.15) is 13.2 Å². The zero-order valence-electron chi connectivity index (χ0n) is 7.45. The van der Waals surface area contributed by atoms with Gasteiger partial charge in [0, 0.05) is 0 Å². The van der Waals surface area contributed by atoms with Crippen LogP contribution in [0.4, 0.5) is 13.2 Å². The molecule has 0 aliphatic carbocycles. The summed E-state index contributed by atoms with van der Waals surface area (Å²) in [7, 11) is 0. The van der Waals surface area contributed by atoms with Crippen LogP contribution in [0.15, 0.2) is 0 Å². The maximum atomic E-state index is 12.0. The lowest BCUT2D eigenvalue weighted by atomic mass is 9.99. The van der Waals surface area contributed by atoms with Crippen LogP contribution in [-0.2, 0) is 4.79 Å². The second-order valence-corrected chi connectivity index (χ2v) is 3.11. The van der Waals surface area contributed by atoms with E-state index in [0.29, 0.717) is 0 Å². The van der Waals surface area contributed by atoms with Crippen LogP contribution >= 0.6 is 0 Å². The van der Waals surface area contributed by atoms with Crippen LogP contribution in [0.5, 0.6) is 0 Å². The molecule has 0 spiro atoms. The molecule has 0 rings (SSSR count). The number of nitrogens with two attached hydrogens (primary N) is 1. The maximum absolute atomic E-state index is 12.0. The minimum Gasteiger partial charge on any atom is -0.480 e. The van der Waals surface area contributed by atoms with Gasteiger partial charge in [-0.25, -0.2) is 0 Å². The lowest BCUT2D eigenvalue weighted by Gasteiger charge is -2.21. The first-order valence-corrected chi connectivity index (χ1v) is 3.89. The standard InChI is InChI=1S/C7H12F3NO3/c1-3(7(8,9)10)2-4(12)5(11)6(13)14/h3-5,12H,2,11H2,1H3,(H,13,14)/t3?,4-,5+/m1/s1. The van der Waals surface area contributed by atoms with Crippen LogP contribution in [0.1, 0.15) is 13.3 Å². The fourth-order valence-electron chi connectivity index (χ4n) is 0.807. The lowest BCUT2D eigenvalue weighted by Crippen LogP contribution is -2.43. The topological polar surface area (TPSA) is 83.5 Å². The van der Waals surface area contributed by atoms with Gasteiger partial charge in [-0.05, 0) is 6.42 Å². The predicted molar refractivity (Wildman–Crippen MR) is 41.5 cm³/mol. The van der Waals surface area contributed by atoms with Crippen molar-refractivity contribution in [3.8, 4) is 0 Å². The van der Waals surface area contributed by atoms with E-state index in [1.807, 2.05) is 0 Å². The summed E-state index contributed by atoms with van der Waals surface area (Å²) in [6.07, 6.45) is -6.85. The third kappa shape index (κ3) is 3.93. The fourth-order valence-corrected chi connectivity index (χ4v) is 0.807. The van der Waals surface area contributed by atoms with Crippen LogP contribution in [0.2, 0.25) is 0 Å². The molecule has 0 aromatic carbocycles. The summed E-state index contributed by atoms with van der Waals surface area (Å²) in [5.74, 6) is -3.30.